The lowest BCUT2D eigenvalue weighted by Crippen LogP contribution is -2.08. The Morgan fingerprint density at radius 3 is 2.84 bits per heavy atom. The van der Waals surface area contributed by atoms with Crippen LogP contribution in [0.25, 0.3) is 0 Å². The Labute approximate surface area is 116 Å². The topological polar surface area (TPSA) is 34.9 Å². The minimum absolute atomic E-state index is 0.341. The van der Waals surface area contributed by atoms with Gasteiger partial charge in [-0.2, -0.15) is 5.10 Å². The van der Waals surface area contributed by atoms with Gasteiger partial charge in [-0.05, 0) is 25.3 Å². The van der Waals surface area contributed by atoms with Crippen molar-refractivity contribution in [3.8, 4) is 0 Å². The van der Waals surface area contributed by atoms with Gasteiger partial charge < -0.3 is 0 Å². The Bertz CT molecular complexity index is 391. The summed E-state index contributed by atoms with van der Waals surface area (Å²) in [6.45, 7) is 2.19. The molecule has 0 saturated heterocycles. The van der Waals surface area contributed by atoms with E-state index in [1.165, 1.54) is 44.9 Å². The zero-order valence-electron chi connectivity index (χ0n) is 12.1. The molecule has 1 aromatic heterocycles. The van der Waals surface area contributed by atoms with Gasteiger partial charge in [0.25, 0.3) is 0 Å². The Hall–Kier alpha value is -1.12. The molecule has 1 aliphatic rings. The average Bonchev–Trinajstić information content (AvgIpc) is 3.04. The number of rotatable bonds is 8. The molecule has 0 aromatic carbocycles. The minimum Gasteiger partial charge on any atom is -0.299 e. The molecule has 3 nitrogen and oxygen atoms in total. The second-order valence-corrected chi connectivity index (χ2v) is 5.75. The zero-order valence-corrected chi connectivity index (χ0v) is 12.1. The van der Waals surface area contributed by atoms with Crippen LogP contribution in [0, 0.1) is 0 Å². The van der Waals surface area contributed by atoms with Crippen molar-refractivity contribution < 1.29 is 4.79 Å². The highest BCUT2D eigenvalue weighted by Crippen LogP contribution is 2.28. The first-order valence-electron chi connectivity index (χ1n) is 7.85. The van der Waals surface area contributed by atoms with E-state index in [-0.39, 0.29) is 0 Å². The monoisotopic (exact) mass is 262 g/mol. The highest BCUT2D eigenvalue weighted by Gasteiger charge is 2.17. The molecule has 19 heavy (non-hydrogen) atoms. The van der Waals surface area contributed by atoms with Crippen LogP contribution in [-0.4, -0.2) is 15.6 Å². The van der Waals surface area contributed by atoms with Crippen LogP contribution in [0.4, 0.5) is 0 Å². The Morgan fingerprint density at radius 1 is 1.32 bits per heavy atom. The van der Waals surface area contributed by atoms with Crippen molar-refractivity contribution >= 4 is 5.78 Å². The van der Waals surface area contributed by atoms with Gasteiger partial charge in [-0.3, -0.25) is 9.48 Å². The first-order valence-corrected chi connectivity index (χ1v) is 7.85. The fourth-order valence-corrected chi connectivity index (χ4v) is 2.88. The summed E-state index contributed by atoms with van der Waals surface area (Å²) in [6.07, 6.45) is 13.1. The van der Waals surface area contributed by atoms with Crippen LogP contribution in [-0.2, 0) is 11.2 Å². The molecule has 0 N–H and O–H groups in total. The number of aromatic nitrogens is 2. The van der Waals surface area contributed by atoms with E-state index in [1.54, 1.807) is 0 Å². The molecule has 0 amide bonds. The number of carbonyl (C=O) groups excluding carboxylic acids is 1. The maximum atomic E-state index is 11.9. The van der Waals surface area contributed by atoms with Crippen molar-refractivity contribution in [2.24, 2.45) is 0 Å². The van der Waals surface area contributed by atoms with E-state index in [0.29, 0.717) is 18.2 Å². The number of carbonyl (C=O) groups is 1. The van der Waals surface area contributed by atoms with E-state index < -0.39 is 0 Å². The van der Waals surface area contributed by atoms with Gasteiger partial charge in [0.05, 0.1) is 18.2 Å². The van der Waals surface area contributed by atoms with Gasteiger partial charge in [-0.25, -0.2) is 0 Å². The summed E-state index contributed by atoms with van der Waals surface area (Å²) in [5, 5.41) is 4.57. The van der Waals surface area contributed by atoms with Gasteiger partial charge in [-0.1, -0.05) is 39.0 Å². The van der Waals surface area contributed by atoms with Gasteiger partial charge in [0.2, 0.25) is 0 Å². The Morgan fingerprint density at radius 2 is 2.11 bits per heavy atom. The lowest BCUT2D eigenvalue weighted by Gasteiger charge is -2.08. The maximum Gasteiger partial charge on any atom is 0.138 e. The van der Waals surface area contributed by atoms with Crippen LogP contribution < -0.4 is 0 Å². The summed E-state index contributed by atoms with van der Waals surface area (Å²) >= 11 is 0. The molecule has 1 heterocycles. The van der Waals surface area contributed by atoms with Gasteiger partial charge in [0, 0.05) is 12.6 Å². The molecule has 0 spiro atoms. The first-order chi connectivity index (χ1) is 9.29. The standard InChI is InChI=1S/C16H26N2O/c1-2-3-4-5-10-16(19)13-14-11-12-18(17-14)15-8-6-7-9-15/h11-12,15H,2-10,13H2,1H3. The molecular formula is C16H26N2O. The van der Waals surface area contributed by atoms with Crippen molar-refractivity contribution in [1.29, 1.82) is 0 Å². The molecule has 0 unspecified atom stereocenters. The van der Waals surface area contributed by atoms with E-state index in [9.17, 15) is 4.79 Å². The minimum atomic E-state index is 0.341. The molecule has 2 rings (SSSR count). The van der Waals surface area contributed by atoms with Crippen LogP contribution in [0.3, 0.4) is 0 Å². The van der Waals surface area contributed by atoms with Crippen molar-refractivity contribution in [1.82, 2.24) is 9.78 Å². The third-order valence-corrected chi connectivity index (χ3v) is 4.05. The average molecular weight is 262 g/mol. The van der Waals surface area contributed by atoms with Crippen molar-refractivity contribution in [2.45, 2.75) is 77.2 Å². The lowest BCUT2D eigenvalue weighted by molar-refractivity contribution is -0.118. The molecule has 3 heteroatoms. The van der Waals surface area contributed by atoms with E-state index in [2.05, 4.69) is 22.9 Å². The summed E-state index contributed by atoms with van der Waals surface area (Å²) in [7, 11) is 0. The number of nitrogens with zero attached hydrogens (tertiary/aromatic N) is 2. The molecular weight excluding hydrogens is 236 g/mol. The largest absolute Gasteiger partial charge is 0.299 e. The first kappa shape index (κ1) is 14.3. The summed E-state index contributed by atoms with van der Waals surface area (Å²) in [5.41, 5.74) is 0.951. The molecule has 0 aliphatic heterocycles. The van der Waals surface area contributed by atoms with Gasteiger partial charge >= 0.3 is 0 Å². The molecule has 106 valence electrons. The summed E-state index contributed by atoms with van der Waals surface area (Å²) < 4.78 is 2.08. The summed E-state index contributed by atoms with van der Waals surface area (Å²) in [4.78, 5) is 11.9. The maximum absolute atomic E-state index is 11.9. The number of hydrogen-bond donors (Lipinski definition) is 0. The summed E-state index contributed by atoms with van der Waals surface area (Å²) in [6, 6.07) is 2.59. The van der Waals surface area contributed by atoms with Crippen LogP contribution in [0.5, 0.6) is 0 Å². The predicted molar refractivity (Wildman–Crippen MR) is 77.2 cm³/mol. The molecule has 1 fully saturated rings. The van der Waals surface area contributed by atoms with E-state index in [0.717, 1.165) is 18.5 Å². The van der Waals surface area contributed by atoms with Crippen LogP contribution in [0.2, 0.25) is 0 Å². The van der Waals surface area contributed by atoms with Crippen molar-refractivity contribution in [3.05, 3.63) is 18.0 Å². The highest BCUT2D eigenvalue weighted by atomic mass is 16.1. The molecule has 0 bridgehead atoms. The Balaban J connectivity index is 1.74. The second kappa shape index (κ2) is 7.46. The van der Waals surface area contributed by atoms with Crippen LogP contribution >= 0.6 is 0 Å². The molecule has 0 atom stereocenters. The molecule has 1 aliphatic carbocycles. The predicted octanol–water partition coefficient (Wildman–Crippen LogP) is 4.08. The van der Waals surface area contributed by atoms with Crippen LogP contribution in [0.15, 0.2) is 12.3 Å². The number of hydrogen-bond acceptors (Lipinski definition) is 2. The smallest absolute Gasteiger partial charge is 0.138 e. The molecule has 1 saturated carbocycles. The van der Waals surface area contributed by atoms with Gasteiger partial charge in [-0.15, -0.1) is 0 Å². The second-order valence-electron chi connectivity index (χ2n) is 5.75. The number of Topliss-reactive ketones (excluding diaryl/α,β-unsaturated/α-hetero) is 1. The zero-order chi connectivity index (χ0) is 13.5. The van der Waals surface area contributed by atoms with E-state index >= 15 is 0 Å². The normalized spacial score (nSPS) is 16.1. The van der Waals surface area contributed by atoms with Crippen LogP contribution in [0.1, 0.15) is 76.4 Å². The van der Waals surface area contributed by atoms with Crippen molar-refractivity contribution in [2.75, 3.05) is 0 Å². The fraction of sp³-hybridized carbons (Fsp3) is 0.750. The highest BCUT2D eigenvalue weighted by molar-refractivity contribution is 5.80. The Kier molecular flexibility index (Phi) is 5.62. The number of unbranched alkanes of at least 4 members (excludes halogenated alkanes) is 3. The number of ketones is 1. The summed E-state index contributed by atoms with van der Waals surface area (Å²) in [5.74, 6) is 0.341. The van der Waals surface area contributed by atoms with Crippen molar-refractivity contribution in [3.63, 3.8) is 0 Å². The lowest BCUT2D eigenvalue weighted by atomic mass is 10.1. The third-order valence-electron chi connectivity index (χ3n) is 4.05. The molecule has 0 radical (unpaired) electrons. The van der Waals surface area contributed by atoms with Gasteiger partial charge in [0.15, 0.2) is 0 Å². The molecule has 1 aromatic rings. The fourth-order valence-electron chi connectivity index (χ4n) is 2.88. The van der Waals surface area contributed by atoms with E-state index in [4.69, 9.17) is 0 Å². The van der Waals surface area contributed by atoms with Gasteiger partial charge in [0.1, 0.15) is 5.78 Å². The third kappa shape index (κ3) is 4.48. The van der Waals surface area contributed by atoms with E-state index in [1.807, 2.05) is 6.07 Å². The quantitative estimate of drug-likeness (QED) is 0.662. The SMILES string of the molecule is CCCCCCC(=O)Cc1ccn(C2CCCC2)n1.